The van der Waals surface area contributed by atoms with E-state index in [2.05, 4.69) is 31.9 Å². The van der Waals surface area contributed by atoms with Crippen molar-refractivity contribution in [3.05, 3.63) is 35.4 Å². The molecular weight excluding hydrogens is 174 g/mol. The van der Waals surface area contributed by atoms with Gasteiger partial charge in [-0.15, -0.1) is 0 Å². The van der Waals surface area contributed by atoms with E-state index < -0.39 is 0 Å². The maximum absolute atomic E-state index is 9.20. The van der Waals surface area contributed by atoms with E-state index in [9.17, 15) is 5.11 Å². The molecule has 0 radical (unpaired) electrons. The van der Waals surface area contributed by atoms with Crippen LogP contribution in [0.5, 0.6) is 0 Å². The minimum atomic E-state index is 0.123. The van der Waals surface area contributed by atoms with Gasteiger partial charge in [-0.25, -0.2) is 0 Å². The summed E-state index contributed by atoms with van der Waals surface area (Å²) >= 11 is 0. The standard InChI is InChI=1S/C12H19NO/c1-4-13(3)10(2)12-8-6-5-7-11(12)9-14/h5-8,10,14H,4,9H2,1-3H3. The Kier molecular flexibility index (Phi) is 4.11. The lowest BCUT2D eigenvalue weighted by Crippen LogP contribution is -2.22. The molecule has 0 saturated heterocycles. The third-order valence-electron chi connectivity index (χ3n) is 2.84. The molecule has 0 aliphatic heterocycles. The van der Waals surface area contributed by atoms with Crippen LogP contribution in [0.4, 0.5) is 0 Å². The largest absolute Gasteiger partial charge is 0.392 e. The highest BCUT2D eigenvalue weighted by molar-refractivity contribution is 5.29. The zero-order valence-electron chi connectivity index (χ0n) is 9.20. The molecule has 0 heterocycles. The highest BCUT2D eigenvalue weighted by atomic mass is 16.3. The second kappa shape index (κ2) is 5.13. The molecule has 2 nitrogen and oxygen atoms in total. The van der Waals surface area contributed by atoms with E-state index >= 15 is 0 Å². The Morgan fingerprint density at radius 2 is 2.00 bits per heavy atom. The Balaban J connectivity index is 2.93. The van der Waals surface area contributed by atoms with Crippen molar-refractivity contribution in [1.82, 2.24) is 4.90 Å². The molecular formula is C12H19NO. The predicted molar refractivity (Wildman–Crippen MR) is 59.1 cm³/mol. The average Bonchev–Trinajstić information content (AvgIpc) is 2.26. The van der Waals surface area contributed by atoms with Gasteiger partial charge in [0.25, 0.3) is 0 Å². The first-order valence-electron chi connectivity index (χ1n) is 5.09. The van der Waals surface area contributed by atoms with E-state index in [0.29, 0.717) is 6.04 Å². The molecule has 1 rings (SSSR count). The van der Waals surface area contributed by atoms with E-state index in [0.717, 1.165) is 12.1 Å². The van der Waals surface area contributed by atoms with E-state index in [-0.39, 0.29) is 6.61 Å². The smallest absolute Gasteiger partial charge is 0.0685 e. The lowest BCUT2D eigenvalue weighted by Gasteiger charge is -2.25. The second-order valence-corrected chi connectivity index (χ2v) is 3.61. The summed E-state index contributed by atoms with van der Waals surface area (Å²) in [6.45, 7) is 5.44. The van der Waals surface area contributed by atoms with Gasteiger partial charge >= 0.3 is 0 Å². The van der Waals surface area contributed by atoms with Crippen LogP contribution in [-0.4, -0.2) is 23.6 Å². The van der Waals surface area contributed by atoms with Crippen molar-refractivity contribution in [1.29, 1.82) is 0 Å². The van der Waals surface area contributed by atoms with Crippen molar-refractivity contribution >= 4 is 0 Å². The molecule has 1 aromatic rings. The predicted octanol–water partition coefficient (Wildman–Crippen LogP) is 2.19. The van der Waals surface area contributed by atoms with Crippen molar-refractivity contribution in [2.45, 2.75) is 26.5 Å². The molecule has 0 aromatic heterocycles. The maximum Gasteiger partial charge on any atom is 0.0685 e. The van der Waals surface area contributed by atoms with Crippen molar-refractivity contribution in [2.75, 3.05) is 13.6 Å². The van der Waals surface area contributed by atoms with Crippen molar-refractivity contribution in [2.24, 2.45) is 0 Å². The summed E-state index contributed by atoms with van der Waals surface area (Å²) < 4.78 is 0. The summed E-state index contributed by atoms with van der Waals surface area (Å²) in [7, 11) is 2.10. The minimum absolute atomic E-state index is 0.123. The van der Waals surface area contributed by atoms with Gasteiger partial charge in [-0.05, 0) is 31.6 Å². The van der Waals surface area contributed by atoms with Crippen LogP contribution in [0.1, 0.15) is 31.0 Å². The van der Waals surface area contributed by atoms with Crippen LogP contribution in [-0.2, 0) is 6.61 Å². The number of benzene rings is 1. The molecule has 0 bridgehead atoms. The van der Waals surface area contributed by atoms with Crippen LogP contribution >= 0.6 is 0 Å². The minimum Gasteiger partial charge on any atom is -0.392 e. The van der Waals surface area contributed by atoms with Gasteiger partial charge in [0.15, 0.2) is 0 Å². The average molecular weight is 193 g/mol. The van der Waals surface area contributed by atoms with Crippen LogP contribution in [0.15, 0.2) is 24.3 Å². The van der Waals surface area contributed by atoms with Crippen LogP contribution in [0.25, 0.3) is 0 Å². The van der Waals surface area contributed by atoms with Crippen LogP contribution < -0.4 is 0 Å². The van der Waals surface area contributed by atoms with Crippen molar-refractivity contribution < 1.29 is 5.11 Å². The molecule has 2 heteroatoms. The number of aliphatic hydroxyl groups excluding tert-OH is 1. The van der Waals surface area contributed by atoms with Crippen LogP contribution in [0.3, 0.4) is 0 Å². The van der Waals surface area contributed by atoms with Crippen molar-refractivity contribution in [3.63, 3.8) is 0 Å². The molecule has 1 N–H and O–H groups in total. The van der Waals surface area contributed by atoms with E-state index in [1.807, 2.05) is 18.2 Å². The Hall–Kier alpha value is -0.860. The summed E-state index contributed by atoms with van der Waals surface area (Å²) in [4.78, 5) is 2.26. The van der Waals surface area contributed by atoms with Gasteiger partial charge in [-0.2, -0.15) is 0 Å². The molecule has 14 heavy (non-hydrogen) atoms. The fourth-order valence-electron chi connectivity index (χ4n) is 1.60. The van der Waals surface area contributed by atoms with Crippen LogP contribution in [0.2, 0.25) is 0 Å². The number of aliphatic hydroxyl groups is 1. The molecule has 0 amide bonds. The third-order valence-corrected chi connectivity index (χ3v) is 2.84. The maximum atomic E-state index is 9.20. The Morgan fingerprint density at radius 3 is 2.57 bits per heavy atom. The fourth-order valence-corrected chi connectivity index (χ4v) is 1.60. The second-order valence-electron chi connectivity index (χ2n) is 3.61. The van der Waals surface area contributed by atoms with Gasteiger partial charge in [0.2, 0.25) is 0 Å². The topological polar surface area (TPSA) is 23.5 Å². The molecule has 1 unspecified atom stereocenters. The zero-order chi connectivity index (χ0) is 10.6. The SMILES string of the molecule is CCN(C)C(C)c1ccccc1CO. The van der Waals surface area contributed by atoms with Gasteiger partial charge in [0.05, 0.1) is 6.61 Å². The summed E-state index contributed by atoms with van der Waals surface area (Å²) in [5.41, 5.74) is 2.25. The van der Waals surface area contributed by atoms with Gasteiger partial charge in [0, 0.05) is 6.04 Å². The molecule has 0 aliphatic rings. The Bertz CT molecular complexity index is 285. The summed E-state index contributed by atoms with van der Waals surface area (Å²) in [6.07, 6.45) is 0. The molecule has 0 saturated carbocycles. The molecule has 0 spiro atoms. The lowest BCUT2D eigenvalue weighted by atomic mass is 10.0. The zero-order valence-corrected chi connectivity index (χ0v) is 9.20. The van der Waals surface area contributed by atoms with Crippen molar-refractivity contribution in [3.8, 4) is 0 Å². The number of hydrogen-bond acceptors (Lipinski definition) is 2. The van der Waals surface area contributed by atoms with Gasteiger partial charge in [0.1, 0.15) is 0 Å². The lowest BCUT2D eigenvalue weighted by molar-refractivity contribution is 0.257. The molecule has 0 fully saturated rings. The first-order valence-corrected chi connectivity index (χ1v) is 5.09. The molecule has 1 atom stereocenters. The van der Waals surface area contributed by atoms with E-state index in [4.69, 9.17) is 0 Å². The number of nitrogens with zero attached hydrogens (tertiary/aromatic N) is 1. The number of rotatable bonds is 4. The molecule has 78 valence electrons. The van der Waals surface area contributed by atoms with Crippen LogP contribution in [0, 0.1) is 0 Å². The molecule has 0 aliphatic carbocycles. The van der Waals surface area contributed by atoms with E-state index in [1.54, 1.807) is 0 Å². The summed E-state index contributed by atoms with van der Waals surface area (Å²) in [6, 6.07) is 8.42. The monoisotopic (exact) mass is 193 g/mol. The quantitative estimate of drug-likeness (QED) is 0.792. The Morgan fingerprint density at radius 1 is 1.36 bits per heavy atom. The Labute approximate surface area is 86.2 Å². The van der Waals surface area contributed by atoms with Gasteiger partial charge in [-0.1, -0.05) is 31.2 Å². The van der Waals surface area contributed by atoms with Gasteiger partial charge in [-0.3, -0.25) is 4.90 Å². The first-order chi connectivity index (χ1) is 6.70. The highest BCUT2D eigenvalue weighted by Crippen LogP contribution is 2.22. The van der Waals surface area contributed by atoms with Gasteiger partial charge < -0.3 is 5.11 Å². The normalized spacial score (nSPS) is 13.2. The molecule has 1 aromatic carbocycles. The third kappa shape index (κ3) is 2.34. The summed E-state index contributed by atoms with van der Waals surface area (Å²) in [5, 5.41) is 9.20. The number of hydrogen-bond donors (Lipinski definition) is 1. The highest BCUT2D eigenvalue weighted by Gasteiger charge is 2.12. The fraction of sp³-hybridized carbons (Fsp3) is 0.500. The summed E-state index contributed by atoms with van der Waals surface area (Å²) in [5.74, 6) is 0. The van der Waals surface area contributed by atoms with E-state index in [1.165, 1.54) is 5.56 Å². The first kappa shape index (κ1) is 11.2.